The Morgan fingerprint density at radius 1 is 0.571 bits per heavy atom. The minimum Gasteiger partial charge on any atom is -0.125 e. The Hall–Kier alpha value is 0.270. The first-order chi connectivity index (χ1) is 13.7. The molecule has 0 amide bonds. The SMILES string of the molecule is [CH2]c1cc(SCCCCCC)c(SCCCCCC)c(SCCCCCC)c1. The van der Waals surface area contributed by atoms with Crippen LogP contribution in [-0.4, -0.2) is 17.3 Å². The molecule has 0 aliphatic rings. The zero-order valence-corrected chi connectivity index (χ0v) is 21.1. The molecular weight excluding hydrogens is 396 g/mol. The van der Waals surface area contributed by atoms with E-state index < -0.39 is 0 Å². The van der Waals surface area contributed by atoms with Gasteiger partial charge in [-0.25, -0.2) is 0 Å². The number of thioether (sulfide) groups is 3. The molecule has 0 saturated heterocycles. The predicted molar refractivity (Wildman–Crippen MR) is 135 cm³/mol. The van der Waals surface area contributed by atoms with Gasteiger partial charge in [-0.3, -0.25) is 0 Å². The van der Waals surface area contributed by atoms with E-state index in [4.69, 9.17) is 0 Å². The molecular formula is C25H43S3. The van der Waals surface area contributed by atoms with Crippen molar-refractivity contribution in [1.82, 2.24) is 0 Å². The van der Waals surface area contributed by atoms with Crippen LogP contribution in [0.2, 0.25) is 0 Å². The van der Waals surface area contributed by atoms with Gasteiger partial charge in [-0.05, 0) is 61.1 Å². The van der Waals surface area contributed by atoms with E-state index in [-0.39, 0.29) is 0 Å². The zero-order valence-electron chi connectivity index (χ0n) is 18.7. The van der Waals surface area contributed by atoms with Gasteiger partial charge in [0.25, 0.3) is 0 Å². The highest BCUT2D eigenvalue weighted by molar-refractivity contribution is 8.03. The molecule has 1 aromatic carbocycles. The molecule has 0 aliphatic carbocycles. The fraction of sp³-hybridized carbons (Fsp3) is 0.720. The van der Waals surface area contributed by atoms with Gasteiger partial charge in [0.15, 0.2) is 0 Å². The molecule has 161 valence electrons. The standard InChI is InChI=1S/C25H43S3/c1-5-8-11-14-17-26-23-20-22(4)21-24(27-18-15-12-9-6-2)25(23)28-19-16-13-10-7-3/h20-21H,4-19H2,1-3H3. The largest absolute Gasteiger partial charge is 0.125 e. The Balaban J connectivity index is 2.72. The van der Waals surface area contributed by atoms with Crippen molar-refractivity contribution in [1.29, 1.82) is 0 Å². The lowest BCUT2D eigenvalue weighted by Crippen LogP contribution is -1.92. The smallest absolute Gasteiger partial charge is 0.0344 e. The summed E-state index contributed by atoms with van der Waals surface area (Å²) in [6.07, 6.45) is 16.2. The lowest BCUT2D eigenvalue weighted by molar-refractivity contribution is 0.705. The third-order valence-electron chi connectivity index (χ3n) is 4.84. The Morgan fingerprint density at radius 3 is 1.36 bits per heavy atom. The van der Waals surface area contributed by atoms with Gasteiger partial charge in [-0.2, -0.15) is 0 Å². The molecule has 0 N–H and O–H groups in total. The molecule has 28 heavy (non-hydrogen) atoms. The molecule has 1 rings (SSSR count). The van der Waals surface area contributed by atoms with Crippen molar-refractivity contribution in [2.45, 2.75) is 113 Å². The first-order valence-corrected chi connectivity index (χ1v) is 14.6. The average molecular weight is 440 g/mol. The number of rotatable bonds is 18. The van der Waals surface area contributed by atoms with Gasteiger partial charge in [-0.15, -0.1) is 35.3 Å². The fourth-order valence-corrected chi connectivity index (χ4v) is 6.93. The van der Waals surface area contributed by atoms with E-state index in [1.54, 1.807) is 4.90 Å². The van der Waals surface area contributed by atoms with E-state index in [9.17, 15) is 0 Å². The highest BCUT2D eigenvalue weighted by Crippen LogP contribution is 2.40. The van der Waals surface area contributed by atoms with E-state index in [0.29, 0.717) is 0 Å². The number of hydrogen-bond donors (Lipinski definition) is 0. The molecule has 1 aromatic rings. The molecule has 1 radical (unpaired) electrons. The monoisotopic (exact) mass is 439 g/mol. The lowest BCUT2D eigenvalue weighted by Gasteiger charge is -2.16. The molecule has 0 spiro atoms. The van der Waals surface area contributed by atoms with Crippen LogP contribution >= 0.6 is 35.3 Å². The molecule has 0 fully saturated rings. The molecule has 0 atom stereocenters. The third-order valence-corrected chi connectivity index (χ3v) is 8.57. The van der Waals surface area contributed by atoms with E-state index in [1.165, 1.54) is 110 Å². The number of unbranched alkanes of at least 4 members (excludes halogenated alkanes) is 9. The van der Waals surface area contributed by atoms with Gasteiger partial charge in [0.1, 0.15) is 0 Å². The van der Waals surface area contributed by atoms with E-state index >= 15 is 0 Å². The van der Waals surface area contributed by atoms with Crippen LogP contribution in [0.1, 0.15) is 103 Å². The topological polar surface area (TPSA) is 0 Å². The van der Waals surface area contributed by atoms with Crippen LogP contribution in [0.4, 0.5) is 0 Å². The summed E-state index contributed by atoms with van der Waals surface area (Å²) in [7, 11) is 0. The van der Waals surface area contributed by atoms with Crippen LogP contribution in [0, 0.1) is 6.92 Å². The van der Waals surface area contributed by atoms with Crippen LogP contribution in [0.3, 0.4) is 0 Å². The van der Waals surface area contributed by atoms with Gasteiger partial charge >= 0.3 is 0 Å². The second kappa shape index (κ2) is 18.1. The summed E-state index contributed by atoms with van der Waals surface area (Å²) >= 11 is 6.23. The molecule has 0 heterocycles. The van der Waals surface area contributed by atoms with Crippen molar-refractivity contribution in [2.75, 3.05) is 17.3 Å². The summed E-state index contributed by atoms with van der Waals surface area (Å²) < 4.78 is 0. The Kier molecular flexibility index (Phi) is 17.0. The van der Waals surface area contributed by atoms with Crippen LogP contribution < -0.4 is 0 Å². The van der Waals surface area contributed by atoms with Crippen LogP contribution in [0.25, 0.3) is 0 Å². The summed E-state index contributed by atoms with van der Waals surface area (Å²) in [5, 5.41) is 0. The molecule has 3 heteroatoms. The second-order valence-corrected chi connectivity index (χ2v) is 11.0. The minimum atomic E-state index is 1.18. The van der Waals surface area contributed by atoms with Gasteiger partial charge in [-0.1, -0.05) is 78.6 Å². The highest BCUT2D eigenvalue weighted by Gasteiger charge is 2.12. The summed E-state index contributed by atoms with van der Waals surface area (Å²) in [5.41, 5.74) is 1.18. The lowest BCUT2D eigenvalue weighted by atomic mass is 10.2. The van der Waals surface area contributed by atoms with Gasteiger partial charge in [0.2, 0.25) is 0 Å². The Bertz CT molecular complexity index is 464. The summed E-state index contributed by atoms with van der Waals surface area (Å²) in [5.74, 6) is 3.74. The van der Waals surface area contributed by atoms with Crippen molar-refractivity contribution in [2.24, 2.45) is 0 Å². The van der Waals surface area contributed by atoms with Crippen molar-refractivity contribution < 1.29 is 0 Å². The van der Waals surface area contributed by atoms with E-state index in [0.717, 1.165) is 0 Å². The van der Waals surface area contributed by atoms with Gasteiger partial charge in [0, 0.05) is 14.7 Å². The minimum absolute atomic E-state index is 1.18. The molecule has 0 saturated carbocycles. The maximum absolute atomic E-state index is 4.28. The second-order valence-electron chi connectivity index (χ2n) is 7.65. The average Bonchev–Trinajstić information content (AvgIpc) is 2.69. The van der Waals surface area contributed by atoms with E-state index in [1.807, 2.05) is 0 Å². The third kappa shape index (κ3) is 12.1. The number of benzene rings is 1. The molecule has 0 aliphatic heterocycles. The molecule has 0 unspecified atom stereocenters. The van der Waals surface area contributed by atoms with Crippen molar-refractivity contribution >= 4 is 35.3 Å². The quantitative estimate of drug-likeness (QED) is 0.165. The molecule has 0 bridgehead atoms. The van der Waals surface area contributed by atoms with Crippen molar-refractivity contribution in [3.63, 3.8) is 0 Å². The normalized spacial score (nSPS) is 11.3. The van der Waals surface area contributed by atoms with Gasteiger partial charge < -0.3 is 0 Å². The summed E-state index contributed by atoms with van der Waals surface area (Å²) in [6, 6.07) is 4.67. The fourth-order valence-electron chi connectivity index (χ4n) is 3.11. The molecule has 0 aromatic heterocycles. The van der Waals surface area contributed by atoms with Gasteiger partial charge in [0.05, 0.1) is 0 Å². The Morgan fingerprint density at radius 2 is 0.964 bits per heavy atom. The maximum atomic E-state index is 4.28. The maximum Gasteiger partial charge on any atom is 0.0344 e. The zero-order chi connectivity index (χ0) is 20.5. The van der Waals surface area contributed by atoms with Crippen LogP contribution in [0.5, 0.6) is 0 Å². The highest BCUT2D eigenvalue weighted by atomic mass is 32.2. The predicted octanol–water partition coefficient (Wildman–Crippen LogP) is 9.89. The first kappa shape index (κ1) is 26.3. The number of hydrogen-bond acceptors (Lipinski definition) is 3. The molecule has 0 nitrogen and oxygen atoms in total. The van der Waals surface area contributed by atoms with Crippen LogP contribution in [0.15, 0.2) is 26.8 Å². The Labute approximate surface area is 189 Å². The van der Waals surface area contributed by atoms with Crippen molar-refractivity contribution in [3.8, 4) is 0 Å². The first-order valence-electron chi connectivity index (χ1n) is 11.6. The van der Waals surface area contributed by atoms with Crippen LogP contribution in [-0.2, 0) is 0 Å². The van der Waals surface area contributed by atoms with Crippen molar-refractivity contribution in [3.05, 3.63) is 24.6 Å². The summed E-state index contributed by atoms with van der Waals surface area (Å²) in [4.78, 5) is 4.52. The van der Waals surface area contributed by atoms with E-state index in [2.05, 4.69) is 75.1 Å². The summed E-state index contributed by atoms with van der Waals surface area (Å²) in [6.45, 7) is 11.2.